The topological polar surface area (TPSA) is 48.5 Å². The van der Waals surface area contributed by atoms with Gasteiger partial charge in [0.05, 0.1) is 22.1 Å². The van der Waals surface area contributed by atoms with Gasteiger partial charge in [-0.05, 0) is 69.8 Å². The minimum Gasteiger partial charge on any atom is -0.278 e. The van der Waals surface area contributed by atoms with Gasteiger partial charge >= 0.3 is 0 Å². The van der Waals surface area contributed by atoms with E-state index in [2.05, 4.69) is 221 Å². The van der Waals surface area contributed by atoms with E-state index in [4.69, 9.17) is 15.0 Å². The molecule has 0 bridgehead atoms. The normalized spacial score (nSPS) is 11.8. The monoisotopic (exact) mass is 821 g/mol. The molecular formula is C57H35N5S. The summed E-state index contributed by atoms with van der Waals surface area (Å²) >= 11 is 1.83. The first kappa shape index (κ1) is 35.6. The van der Waals surface area contributed by atoms with Gasteiger partial charge in [0.15, 0.2) is 5.82 Å². The van der Waals surface area contributed by atoms with Crippen LogP contribution in [0.5, 0.6) is 0 Å². The van der Waals surface area contributed by atoms with E-state index in [9.17, 15) is 0 Å². The van der Waals surface area contributed by atoms with E-state index >= 15 is 0 Å². The standard InChI is InChI=1S/C57H35N5S/c1-3-16-36(17-4-1)38-30-32-43-41-21-9-12-26-48(41)61(50(43)34-38)56-58-55(46-23-8-7-20-40(46)45-25-15-29-53-54(45)47-24-11-14-28-52(47)63-53)59-57(60-56)62-49-27-13-10-22-42(49)44-33-31-39(35-51(44)62)37-18-5-2-6-19-37/h1-35H. The highest BCUT2D eigenvalue weighted by atomic mass is 32.1. The first-order chi connectivity index (χ1) is 31.2. The van der Waals surface area contributed by atoms with Gasteiger partial charge in [0.1, 0.15) is 0 Å². The number of thiophene rings is 1. The number of aromatic nitrogens is 5. The maximum Gasteiger partial charge on any atom is 0.240 e. The van der Waals surface area contributed by atoms with Crippen molar-refractivity contribution in [1.29, 1.82) is 0 Å². The third-order valence-electron chi connectivity index (χ3n) is 12.4. The number of hydrogen-bond acceptors (Lipinski definition) is 4. The molecule has 63 heavy (non-hydrogen) atoms. The molecule has 0 atom stereocenters. The Labute approximate surface area is 366 Å². The van der Waals surface area contributed by atoms with E-state index in [1.807, 2.05) is 11.3 Å². The molecule has 0 saturated heterocycles. The van der Waals surface area contributed by atoms with Gasteiger partial charge in [-0.15, -0.1) is 11.3 Å². The third kappa shape index (κ3) is 5.66. The summed E-state index contributed by atoms with van der Waals surface area (Å²) in [4.78, 5) is 16.6. The average Bonchev–Trinajstić information content (AvgIpc) is 4.02. The lowest BCUT2D eigenvalue weighted by molar-refractivity contribution is 0.893. The molecule has 0 N–H and O–H groups in total. The van der Waals surface area contributed by atoms with Crippen molar-refractivity contribution >= 4 is 75.1 Å². The van der Waals surface area contributed by atoms with E-state index in [1.165, 1.54) is 20.2 Å². The molecule has 0 saturated carbocycles. The van der Waals surface area contributed by atoms with Crippen molar-refractivity contribution in [3.63, 3.8) is 0 Å². The van der Waals surface area contributed by atoms with Crippen LogP contribution in [0.4, 0.5) is 0 Å². The summed E-state index contributed by atoms with van der Waals surface area (Å²) in [7, 11) is 0. The van der Waals surface area contributed by atoms with Crippen LogP contribution >= 0.6 is 11.3 Å². The summed E-state index contributed by atoms with van der Waals surface area (Å²) < 4.78 is 6.97. The Hall–Kier alpha value is -8.19. The first-order valence-electron chi connectivity index (χ1n) is 21.2. The average molecular weight is 822 g/mol. The molecule has 0 radical (unpaired) electrons. The number of hydrogen-bond donors (Lipinski definition) is 0. The first-order valence-corrected chi connectivity index (χ1v) is 22.0. The minimum absolute atomic E-state index is 0.547. The SMILES string of the molecule is c1ccc(-c2ccc3c4ccccc4n(-c4nc(-c5ccccc5-c5cccc6sc7ccccc7c56)nc(-n5c6ccccc6c6ccc(-c7ccccc7)cc65)n4)c3c2)cc1. The maximum absolute atomic E-state index is 5.54. The van der Waals surface area contributed by atoms with Crippen LogP contribution in [0, 0.1) is 0 Å². The molecule has 294 valence electrons. The molecular weight excluding hydrogens is 787 g/mol. The van der Waals surface area contributed by atoms with Gasteiger partial charge in [-0.2, -0.15) is 15.0 Å². The fourth-order valence-corrected chi connectivity index (χ4v) is 10.7. The minimum atomic E-state index is 0.547. The number of para-hydroxylation sites is 2. The van der Waals surface area contributed by atoms with Gasteiger partial charge in [0.25, 0.3) is 0 Å². The van der Waals surface area contributed by atoms with Gasteiger partial charge < -0.3 is 0 Å². The Bertz CT molecular complexity index is 3740. The lowest BCUT2D eigenvalue weighted by Crippen LogP contribution is -2.10. The van der Waals surface area contributed by atoms with Crippen molar-refractivity contribution in [1.82, 2.24) is 24.1 Å². The molecule has 0 unspecified atom stereocenters. The largest absolute Gasteiger partial charge is 0.278 e. The molecule has 0 spiro atoms. The molecule has 0 aliphatic heterocycles. The van der Waals surface area contributed by atoms with Gasteiger partial charge in [-0.1, -0.05) is 176 Å². The van der Waals surface area contributed by atoms with Crippen molar-refractivity contribution in [3.05, 3.63) is 212 Å². The fraction of sp³-hybridized carbons (Fsp3) is 0. The second-order valence-corrected chi connectivity index (χ2v) is 17.1. The van der Waals surface area contributed by atoms with Crippen LogP contribution in [-0.2, 0) is 0 Å². The zero-order valence-electron chi connectivity index (χ0n) is 33.9. The van der Waals surface area contributed by atoms with E-state index in [-0.39, 0.29) is 0 Å². The van der Waals surface area contributed by atoms with Crippen LogP contribution in [0.1, 0.15) is 0 Å². The molecule has 0 aliphatic carbocycles. The van der Waals surface area contributed by atoms with Gasteiger partial charge in [-0.3, -0.25) is 9.13 Å². The highest BCUT2D eigenvalue weighted by Crippen LogP contribution is 2.43. The maximum atomic E-state index is 5.54. The molecule has 4 heterocycles. The summed E-state index contributed by atoms with van der Waals surface area (Å²) in [6, 6.07) is 75.6. The van der Waals surface area contributed by atoms with E-state index in [1.54, 1.807) is 0 Å². The summed E-state index contributed by atoms with van der Waals surface area (Å²) in [6.45, 7) is 0. The lowest BCUT2D eigenvalue weighted by Gasteiger charge is -2.15. The van der Waals surface area contributed by atoms with Crippen LogP contribution in [0.15, 0.2) is 212 Å². The Kier molecular flexibility index (Phi) is 8.01. The van der Waals surface area contributed by atoms with E-state index < -0.39 is 0 Å². The van der Waals surface area contributed by atoms with Crippen molar-refractivity contribution in [3.8, 4) is 56.7 Å². The lowest BCUT2D eigenvalue weighted by atomic mass is 9.95. The Balaban J connectivity index is 1.14. The van der Waals surface area contributed by atoms with Gasteiger partial charge in [0.2, 0.25) is 11.9 Å². The number of benzene rings is 9. The fourth-order valence-electron chi connectivity index (χ4n) is 9.58. The molecule has 0 amide bonds. The molecule has 13 rings (SSSR count). The molecule has 9 aromatic carbocycles. The second-order valence-electron chi connectivity index (χ2n) is 16.0. The molecule has 0 aliphatic rings. The van der Waals surface area contributed by atoms with Crippen LogP contribution in [0.2, 0.25) is 0 Å². The smallest absolute Gasteiger partial charge is 0.240 e. The van der Waals surface area contributed by atoms with Crippen LogP contribution in [-0.4, -0.2) is 24.1 Å². The second kappa shape index (κ2) is 14.2. The van der Waals surface area contributed by atoms with Gasteiger partial charge in [-0.25, -0.2) is 0 Å². The zero-order chi connectivity index (χ0) is 41.4. The van der Waals surface area contributed by atoms with Crippen molar-refractivity contribution in [2.75, 3.05) is 0 Å². The molecule has 13 aromatic rings. The van der Waals surface area contributed by atoms with Gasteiger partial charge in [0, 0.05) is 47.3 Å². The van der Waals surface area contributed by atoms with Crippen molar-refractivity contribution < 1.29 is 0 Å². The van der Waals surface area contributed by atoms with Crippen molar-refractivity contribution in [2.24, 2.45) is 0 Å². The van der Waals surface area contributed by atoms with Crippen LogP contribution in [0.25, 0.3) is 120 Å². The summed E-state index contributed by atoms with van der Waals surface area (Å²) in [6.07, 6.45) is 0. The molecule has 5 nitrogen and oxygen atoms in total. The molecule has 0 fully saturated rings. The zero-order valence-corrected chi connectivity index (χ0v) is 34.7. The number of nitrogens with zero attached hydrogens (tertiary/aromatic N) is 5. The van der Waals surface area contributed by atoms with Crippen molar-refractivity contribution in [2.45, 2.75) is 0 Å². The van der Waals surface area contributed by atoms with E-state index in [0.29, 0.717) is 17.7 Å². The molecule has 6 heteroatoms. The summed E-state index contributed by atoms with van der Waals surface area (Å²) in [5.74, 6) is 1.69. The Morgan fingerprint density at radius 1 is 0.302 bits per heavy atom. The quantitative estimate of drug-likeness (QED) is 0.168. The summed E-state index contributed by atoms with van der Waals surface area (Å²) in [5.41, 5.74) is 11.8. The van der Waals surface area contributed by atoms with E-state index in [0.717, 1.165) is 82.6 Å². The van der Waals surface area contributed by atoms with Crippen LogP contribution in [0.3, 0.4) is 0 Å². The highest BCUT2D eigenvalue weighted by Gasteiger charge is 2.23. The highest BCUT2D eigenvalue weighted by molar-refractivity contribution is 7.25. The van der Waals surface area contributed by atoms with Crippen LogP contribution < -0.4 is 0 Å². The molecule has 4 aromatic heterocycles. The number of rotatable bonds is 6. The predicted octanol–water partition coefficient (Wildman–Crippen LogP) is 15.1. The summed E-state index contributed by atoms with van der Waals surface area (Å²) in [5, 5.41) is 7.03. The third-order valence-corrected chi connectivity index (χ3v) is 13.6. The Morgan fingerprint density at radius 3 is 1.37 bits per heavy atom. The predicted molar refractivity (Wildman–Crippen MR) is 263 cm³/mol. The Morgan fingerprint density at radius 2 is 0.762 bits per heavy atom. The number of fused-ring (bicyclic) bond motifs is 9.